The summed E-state index contributed by atoms with van der Waals surface area (Å²) < 4.78 is 0. The van der Waals surface area contributed by atoms with E-state index < -0.39 is 5.41 Å². The lowest BCUT2D eigenvalue weighted by Crippen LogP contribution is -2.38. The van der Waals surface area contributed by atoms with Crippen molar-refractivity contribution < 1.29 is 4.79 Å². The zero-order valence-corrected chi connectivity index (χ0v) is 7.29. The van der Waals surface area contributed by atoms with Gasteiger partial charge in [-0.3, -0.25) is 4.79 Å². The Balaban J connectivity index is 3.04. The number of carbonyl (C=O) groups excluding carboxylic acids is 1. The van der Waals surface area contributed by atoms with Crippen LogP contribution in [0.2, 0.25) is 0 Å². The molecule has 0 saturated carbocycles. The van der Waals surface area contributed by atoms with Crippen molar-refractivity contribution in [1.82, 2.24) is 9.97 Å². The Labute approximate surface area is 71.2 Å². The fourth-order valence-electron chi connectivity index (χ4n) is 1.03. The minimum Gasteiger partial charge on any atom is -0.369 e. The largest absolute Gasteiger partial charge is 0.369 e. The molecule has 0 spiro atoms. The Morgan fingerprint density at radius 3 is 2.83 bits per heavy atom. The lowest BCUT2D eigenvalue weighted by molar-refractivity contribution is -0.123. The standard InChI is InChI=1S/C8H13N3O/c1-3-8(2,6(9)12)7-10-4-5-11-7/h4-5H,3H2,1-2H3,(H2,9,12)(H,10,11). The van der Waals surface area contributed by atoms with E-state index in [0.29, 0.717) is 12.2 Å². The Morgan fingerprint density at radius 2 is 2.50 bits per heavy atom. The zero-order valence-electron chi connectivity index (χ0n) is 7.29. The molecule has 0 aliphatic heterocycles. The number of hydrogen-bond donors (Lipinski definition) is 2. The first-order chi connectivity index (χ1) is 5.61. The van der Waals surface area contributed by atoms with Gasteiger partial charge in [0.05, 0.1) is 0 Å². The summed E-state index contributed by atoms with van der Waals surface area (Å²) >= 11 is 0. The van der Waals surface area contributed by atoms with Gasteiger partial charge in [-0.15, -0.1) is 0 Å². The molecule has 0 radical (unpaired) electrons. The van der Waals surface area contributed by atoms with E-state index in [9.17, 15) is 4.79 Å². The van der Waals surface area contributed by atoms with E-state index in [1.165, 1.54) is 0 Å². The van der Waals surface area contributed by atoms with Gasteiger partial charge in [-0.1, -0.05) is 6.92 Å². The molecular formula is C8H13N3O. The molecule has 12 heavy (non-hydrogen) atoms. The predicted molar refractivity (Wildman–Crippen MR) is 45.4 cm³/mol. The van der Waals surface area contributed by atoms with Gasteiger partial charge in [0.15, 0.2) is 0 Å². The molecule has 1 aromatic rings. The SMILES string of the molecule is CCC(C)(C(N)=O)c1ncc[nH]1. The van der Waals surface area contributed by atoms with Crippen LogP contribution in [0, 0.1) is 0 Å². The Bertz CT molecular complexity index is 268. The van der Waals surface area contributed by atoms with Gasteiger partial charge in [-0.05, 0) is 13.3 Å². The number of H-pyrrole nitrogens is 1. The van der Waals surface area contributed by atoms with Crippen molar-refractivity contribution in [1.29, 1.82) is 0 Å². The number of carbonyl (C=O) groups is 1. The molecule has 0 aromatic carbocycles. The molecule has 66 valence electrons. The maximum atomic E-state index is 11.1. The fourth-order valence-corrected chi connectivity index (χ4v) is 1.03. The molecular weight excluding hydrogens is 154 g/mol. The molecule has 3 N–H and O–H groups in total. The number of nitrogens with zero attached hydrogens (tertiary/aromatic N) is 1. The van der Waals surface area contributed by atoms with E-state index in [1.54, 1.807) is 19.3 Å². The number of rotatable bonds is 3. The monoisotopic (exact) mass is 167 g/mol. The first-order valence-corrected chi connectivity index (χ1v) is 3.91. The molecule has 0 bridgehead atoms. The van der Waals surface area contributed by atoms with Crippen LogP contribution in [0.3, 0.4) is 0 Å². The molecule has 1 rings (SSSR count). The van der Waals surface area contributed by atoms with E-state index in [4.69, 9.17) is 5.73 Å². The second-order valence-corrected chi connectivity index (χ2v) is 2.99. The first-order valence-electron chi connectivity index (χ1n) is 3.91. The predicted octanol–water partition coefficient (Wildman–Crippen LogP) is 0.563. The maximum absolute atomic E-state index is 11.1. The van der Waals surface area contributed by atoms with Crippen LogP contribution in [0.4, 0.5) is 0 Å². The van der Waals surface area contributed by atoms with Gasteiger partial charge in [0.2, 0.25) is 5.91 Å². The van der Waals surface area contributed by atoms with Gasteiger partial charge < -0.3 is 10.7 Å². The Hall–Kier alpha value is -1.32. The summed E-state index contributed by atoms with van der Waals surface area (Å²) in [6.45, 7) is 3.70. The van der Waals surface area contributed by atoms with Gasteiger partial charge in [-0.2, -0.15) is 0 Å². The van der Waals surface area contributed by atoms with E-state index in [0.717, 1.165) is 0 Å². The molecule has 1 aromatic heterocycles. The molecule has 1 amide bonds. The molecule has 4 nitrogen and oxygen atoms in total. The summed E-state index contributed by atoms with van der Waals surface area (Å²) in [5, 5.41) is 0. The smallest absolute Gasteiger partial charge is 0.230 e. The second-order valence-electron chi connectivity index (χ2n) is 2.99. The van der Waals surface area contributed by atoms with Gasteiger partial charge >= 0.3 is 0 Å². The summed E-state index contributed by atoms with van der Waals surface area (Å²) in [7, 11) is 0. The number of imidazole rings is 1. The van der Waals surface area contributed by atoms with Crippen LogP contribution in [-0.4, -0.2) is 15.9 Å². The van der Waals surface area contributed by atoms with Crippen LogP contribution in [-0.2, 0) is 10.2 Å². The number of hydrogen-bond acceptors (Lipinski definition) is 2. The summed E-state index contributed by atoms with van der Waals surface area (Å²) in [6, 6.07) is 0. The molecule has 4 heteroatoms. The van der Waals surface area contributed by atoms with Crippen LogP contribution in [0.15, 0.2) is 12.4 Å². The van der Waals surface area contributed by atoms with Gasteiger partial charge in [-0.25, -0.2) is 4.98 Å². The highest BCUT2D eigenvalue weighted by atomic mass is 16.1. The zero-order chi connectivity index (χ0) is 9.19. The number of aromatic amines is 1. The van der Waals surface area contributed by atoms with Gasteiger partial charge in [0.1, 0.15) is 11.2 Å². The Kier molecular flexibility index (Phi) is 2.17. The molecule has 1 heterocycles. The number of aromatic nitrogens is 2. The van der Waals surface area contributed by atoms with Crippen molar-refractivity contribution in [3.63, 3.8) is 0 Å². The van der Waals surface area contributed by atoms with Gasteiger partial charge in [0, 0.05) is 12.4 Å². The number of primary amides is 1. The minimum absolute atomic E-state index is 0.347. The third kappa shape index (κ3) is 1.20. The minimum atomic E-state index is -0.663. The van der Waals surface area contributed by atoms with E-state index >= 15 is 0 Å². The average Bonchev–Trinajstić information content (AvgIpc) is 2.54. The molecule has 0 aliphatic rings. The van der Waals surface area contributed by atoms with Crippen molar-refractivity contribution >= 4 is 5.91 Å². The molecule has 1 unspecified atom stereocenters. The number of amides is 1. The van der Waals surface area contributed by atoms with Crippen LogP contribution < -0.4 is 5.73 Å². The third-order valence-corrected chi connectivity index (χ3v) is 2.27. The van der Waals surface area contributed by atoms with Crippen LogP contribution >= 0.6 is 0 Å². The van der Waals surface area contributed by atoms with Crippen LogP contribution in [0.5, 0.6) is 0 Å². The highest BCUT2D eigenvalue weighted by Gasteiger charge is 2.33. The topological polar surface area (TPSA) is 71.8 Å². The van der Waals surface area contributed by atoms with Crippen LogP contribution in [0.25, 0.3) is 0 Å². The lowest BCUT2D eigenvalue weighted by Gasteiger charge is -2.21. The molecule has 0 saturated heterocycles. The second kappa shape index (κ2) is 2.97. The summed E-state index contributed by atoms with van der Waals surface area (Å²) in [5.41, 5.74) is 4.61. The van der Waals surface area contributed by atoms with Crippen LogP contribution in [0.1, 0.15) is 26.1 Å². The van der Waals surface area contributed by atoms with Crippen molar-refractivity contribution in [2.75, 3.05) is 0 Å². The highest BCUT2D eigenvalue weighted by molar-refractivity contribution is 5.85. The van der Waals surface area contributed by atoms with E-state index in [-0.39, 0.29) is 5.91 Å². The number of nitrogens with two attached hydrogens (primary N) is 1. The summed E-state index contributed by atoms with van der Waals surface area (Å²) in [4.78, 5) is 18.0. The Morgan fingerprint density at radius 1 is 1.83 bits per heavy atom. The average molecular weight is 167 g/mol. The summed E-state index contributed by atoms with van der Waals surface area (Å²) in [6.07, 6.45) is 3.95. The quantitative estimate of drug-likeness (QED) is 0.690. The number of nitrogens with one attached hydrogen (secondary N) is 1. The van der Waals surface area contributed by atoms with Crippen molar-refractivity contribution in [2.24, 2.45) is 5.73 Å². The van der Waals surface area contributed by atoms with Crippen molar-refractivity contribution in [3.8, 4) is 0 Å². The van der Waals surface area contributed by atoms with Crippen molar-refractivity contribution in [3.05, 3.63) is 18.2 Å². The normalized spacial score (nSPS) is 15.5. The molecule has 0 fully saturated rings. The summed E-state index contributed by atoms with van der Waals surface area (Å²) in [5.74, 6) is 0.289. The maximum Gasteiger partial charge on any atom is 0.230 e. The fraction of sp³-hybridized carbons (Fsp3) is 0.500. The molecule has 1 atom stereocenters. The first kappa shape index (κ1) is 8.77. The van der Waals surface area contributed by atoms with Gasteiger partial charge in [0.25, 0.3) is 0 Å². The highest BCUT2D eigenvalue weighted by Crippen LogP contribution is 2.23. The van der Waals surface area contributed by atoms with Crippen molar-refractivity contribution in [2.45, 2.75) is 25.7 Å². The third-order valence-electron chi connectivity index (χ3n) is 2.27. The molecule has 0 aliphatic carbocycles. The lowest BCUT2D eigenvalue weighted by atomic mass is 9.86. The van der Waals surface area contributed by atoms with E-state index in [2.05, 4.69) is 9.97 Å². The van der Waals surface area contributed by atoms with E-state index in [1.807, 2.05) is 6.92 Å².